The predicted octanol–water partition coefficient (Wildman–Crippen LogP) is 36.5. The molecule has 0 amide bonds. The Hall–Kier alpha value is -14.3. The molecule has 0 fully saturated rings. The molecule has 37 heteroatoms. The second kappa shape index (κ2) is 68.8. The molecule has 146 heavy (non-hydrogen) atoms. The Labute approximate surface area is 927 Å². The maximum atomic E-state index is 11.4. The van der Waals surface area contributed by atoms with Crippen molar-refractivity contribution in [3.63, 3.8) is 0 Å². The van der Waals surface area contributed by atoms with Gasteiger partial charge < -0.3 is 23.9 Å². The van der Waals surface area contributed by atoms with Gasteiger partial charge >= 0.3 is 0 Å². The highest BCUT2D eigenvalue weighted by atomic mass is 32.2. The van der Waals surface area contributed by atoms with Gasteiger partial charge in [0, 0.05) is 71.6 Å². The number of aliphatic imine (C=N–C) groups is 12. The Balaban J connectivity index is 0.000000178. The summed E-state index contributed by atoms with van der Waals surface area (Å²) in [5.74, 6) is 2.31. The van der Waals surface area contributed by atoms with E-state index >= 15 is 0 Å². The van der Waals surface area contributed by atoms with E-state index in [0.29, 0.717) is 44.0 Å². The second-order valence-electron chi connectivity index (χ2n) is 28.1. The van der Waals surface area contributed by atoms with Gasteiger partial charge in [-0.05, 0) is 381 Å². The van der Waals surface area contributed by atoms with Crippen LogP contribution in [0.15, 0.2) is 447 Å². The summed E-state index contributed by atoms with van der Waals surface area (Å²) in [6.45, 7) is 3.09. The minimum atomic E-state index is -3.25. The number of para-hydroxylation sites is 1. The van der Waals surface area contributed by atoms with Crippen molar-refractivity contribution in [2.75, 3.05) is 0 Å². The van der Waals surface area contributed by atoms with Crippen molar-refractivity contribution in [3.8, 4) is 28.4 Å². The number of rotatable bonds is 22. The van der Waals surface area contributed by atoms with Gasteiger partial charge in [0.25, 0.3) is 0 Å². The van der Waals surface area contributed by atoms with Crippen LogP contribution in [0.4, 0.5) is 44.8 Å². The fourth-order valence-electron chi connectivity index (χ4n) is 12.0. The van der Waals surface area contributed by atoms with E-state index < -0.39 is 9.84 Å². The van der Waals surface area contributed by atoms with Crippen LogP contribution in [0.2, 0.25) is 0 Å². The molecule has 0 unspecified atom stereocenters. The molecule has 0 radical (unpaired) electrons. The predicted molar refractivity (Wildman–Crippen MR) is 649 cm³/mol. The topological polar surface area (TPSA) is 246 Å². The molecule has 19 nitrogen and oxygen atoms in total. The summed E-state index contributed by atoms with van der Waals surface area (Å²) in [5.41, 5.74) is 15.3. The third-order valence-corrected chi connectivity index (χ3v) is 25.5. The lowest BCUT2D eigenvalue weighted by atomic mass is 10.1. The Morgan fingerprint density at radius 2 is 0.870 bits per heavy atom. The van der Waals surface area contributed by atoms with E-state index in [0.717, 1.165) is 83.9 Å². The van der Waals surface area contributed by atoms with Gasteiger partial charge in [-0.15, -0.1) is 34.0 Å². The van der Waals surface area contributed by atoms with E-state index in [1.807, 2.05) is 289 Å². The number of nitrogens with zero attached hydrogens (tertiary/aromatic N) is 12. The summed E-state index contributed by atoms with van der Waals surface area (Å²) < 4.78 is 41.6. The maximum absolute atomic E-state index is 11.4. The minimum absolute atomic E-state index is 0.281. The molecule has 720 valence electrons. The number of H-pyrrole nitrogens is 2. The van der Waals surface area contributed by atoms with Crippen LogP contribution in [0.5, 0.6) is 17.2 Å². The first kappa shape index (κ1) is 115. The number of thiocarbonyl (C=S) groups is 12. The van der Waals surface area contributed by atoms with E-state index in [9.17, 15) is 8.42 Å². The van der Waals surface area contributed by atoms with Gasteiger partial charge in [0.2, 0.25) is 9.84 Å². The monoisotopic (exact) mass is 2240 g/mol. The summed E-state index contributed by atoms with van der Waals surface area (Å²) in [7, 11) is -3.25. The lowest BCUT2D eigenvalue weighted by Gasteiger charge is -2.06. The van der Waals surface area contributed by atoms with E-state index in [1.165, 1.54) is 64.2 Å². The summed E-state index contributed by atoms with van der Waals surface area (Å²) >= 11 is 62.1. The van der Waals surface area contributed by atoms with Gasteiger partial charge in [0.15, 0.2) is 0 Å². The summed E-state index contributed by atoms with van der Waals surface area (Å²) in [5, 5.41) is 46.8. The van der Waals surface area contributed by atoms with Crippen molar-refractivity contribution < 1.29 is 22.3 Å². The molecular formula is C109H76N14O5S18. The Kier molecular flexibility index (Phi) is 54.4. The number of ether oxygens (including phenoxy) is 2. The molecule has 0 saturated carbocycles. The van der Waals surface area contributed by atoms with E-state index in [2.05, 4.69) is 332 Å². The first-order valence-corrected chi connectivity index (χ1v) is 53.3. The third-order valence-electron chi connectivity index (χ3n) is 18.5. The number of fused-ring (bicyclic) bond motifs is 5. The average molecular weight is 2240 g/mol. The molecule has 2 N–H and O–H groups in total. The van der Waals surface area contributed by atoms with Crippen LogP contribution in [-0.4, -0.2) is 80.3 Å². The van der Waals surface area contributed by atoms with Crippen LogP contribution in [0.1, 0.15) is 32.7 Å². The summed E-state index contributed by atoms with van der Waals surface area (Å²) in [6, 6.07) is 102. The first-order valence-electron chi connectivity index (χ1n) is 42.4. The zero-order chi connectivity index (χ0) is 103. The standard InChI is InChI=1S/C14H11NOS.C13H9NOS.C13H9NS.2C10H7NS2.2C9H6N2S.C9H5NO2S2.C6H5NOS.C6H5NS2.2C5H3NS2/c17-11-15-13-7-4-8-14(9-13)16-10-12-5-2-1-3-6-12;16-10-14-11-5-4-8-13(9-11)15-12-6-2-1-3-7-12;15-10-14-13-8-6-12(7-9-13)11-4-2-1-3-5-11;12-7-11-5-8-6-13-10-4-2-1-3-9(8)10;12-7-11-6-9-5-8-3-1-2-4-10(8)13-9;12-6-11-8-1-2-9-7(5-8)3-4-10-9;12-6-11-8-2-1-7-3-4-10-9(7)5-8;11-14(12)4-3-7-1-2-8(10-6-13)5-9(7)14;9-5-7-3-6-1-2-8-4-6;8-5-7-3-6-1-2-9-4-6;7-4-6-5-1-2-8-3-5;7-4-6-5-2-1-3-8-5/h1-9H,10H2;1-9H;1-9H;1-4,6H,5H2;1-5H,6H2;2*1-5,10H;1-5H;2*1-2,4H,3H2;2*1-3H. The molecule has 0 saturated heterocycles. The van der Waals surface area contributed by atoms with Crippen molar-refractivity contribution in [1.82, 2.24) is 9.97 Å². The zero-order valence-corrected chi connectivity index (χ0v) is 90.9. The Morgan fingerprint density at radius 1 is 0.342 bits per heavy atom. The number of thiophene rings is 5. The minimum Gasteiger partial charge on any atom is -0.489 e. The van der Waals surface area contributed by atoms with Crippen LogP contribution in [-0.2, 0) is 42.6 Å². The van der Waals surface area contributed by atoms with E-state index in [4.69, 9.17) is 13.9 Å². The highest BCUT2D eigenvalue weighted by Gasteiger charge is 2.21. The van der Waals surface area contributed by atoms with Gasteiger partial charge in [-0.1, -0.05) is 152 Å². The molecular weight excluding hydrogens is 2160 g/mol. The van der Waals surface area contributed by atoms with Crippen LogP contribution in [0.3, 0.4) is 0 Å². The van der Waals surface area contributed by atoms with Gasteiger partial charge in [-0.3, -0.25) is 0 Å². The number of nitrogens with one attached hydrogen (secondary N) is 2. The SMILES string of the molecule is O=S1(=O)C=Cc2ccc(N=C=S)cc21.S=C=NCc1cc2ccccc2s1.S=C=NCc1ccoc1.S=C=NCc1ccsc1.S=C=NCc1csc2ccccc12.S=C=Nc1ccc(-c2ccccc2)cc1.S=C=Nc1ccc2[nH]ccc2c1.S=C=Nc1ccc2cc[nH]c2c1.S=C=Nc1cccc(OCc2ccccc2)c1.S=C=Nc1cccc(Oc2ccccc2)c1.S=C=Nc1cccs1.S=C=Nc1ccsc1. The van der Waals surface area contributed by atoms with Crippen molar-refractivity contribution in [1.29, 1.82) is 0 Å². The number of benzene rings is 11. The number of hydrogen-bond acceptors (Lipinski definition) is 34. The van der Waals surface area contributed by atoms with Crippen LogP contribution in [0.25, 0.3) is 59.2 Å². The fourth-order valence-corrected chi connectivity index (χ4v) is 18.1. The fraction of sp³-hybridized carbons (Fsp3) is 0.0459. The quantitative estimate of drug-likeness (QED) is 0.0473. The van der Waals surface area contributed by atoms with Crippen LogP contribution < -0.4 is 9.47 Å². The van der Waals surface area contributed by atoms with Gasteiger partial charge in [-0.2, -0.15) is 62.6 Å². The lowest BCUT2D eigenvalue weighted by molar-refractivity contribution is 0.306. The highest BCUT2D eigenvalue weighted by Crippen LogP contribution is 2.33. The summed E-state index contributed by atoms with van der Waals surface area (Å²) in [6.07, 6.45) is 8.60. The molecule has 9 heterocycles. The van der Waals surface area contributed by atoms with Crippen molar-refractivity contribution >= 4 is 368 Å². The van der Waals surface area contributed by atoms with Crippen LogP contribution in [0, 0.1) is 0 Å². The lowest BCUT2D eigenvalue weighted by Crippen LogP contribution is -1.94. The number of aromatic nitrogens is 2. The van der Waals surface area contributed by atoms with E-state index in [1.54, 1.807) is 87.4 Å². The number of isothiocyanates is 12. The zero-order valence-electron chi connectivity index (χ0n) is 76.2. The summed E-state index contributed by atoms with van der Waals surface area (Å²) in [4.78, 5) is 53.8. The first-order chi connectivity index (χ1) is 71.6. The number of aromatic amines is 2. The number of furan rings is 1. The van der Waals surface area contributed by atoms with Gasteiger partial charge in [0.1, 0.15) is 28.9 Å². The molecule has 1 aliphatic heterocycles. The normalized spacial score (nSPS) is 9.86. The second-order valence-corrected chi connectivity index (χ2v) is 36.7. The molecule has 19 aromatic rings. The van der Waals surface area contributed by atoms with Gasteiger partial charge in [0.05, 0.1) is 145 Å². The smallest absolute Gasteiger partial charge is 0.200 e. The number of sulfone groups is 1. The molecule has 0 bridgehead atoms. The van der Waals surface area contributed by atoms with Crippen molar-refractivity contribution in [3.05, 3.63) is 411 Å². The van der Waals surface area contributed by atoms with Crippen molar-refractivity contribution in [2.45, 2.75) is 37.7 Å². The average Bonchev–Trinajstić information content (AvgIpc) is 1.65. The van der Waals surface area contributed by atoms with Gasteiger partial charge in [-0.25, -0.2) is 28.4 Å². The van der Waals surface area contributed by atoms with Crippen LogP contribution >= 0.6 is 203 Å². The van der Waals surface area contributed by atoms with E-state index in [-0.39, 0.29) is 4.90 Å². The molecule has 11 aromatic carbocycles. The molecule has 20 rings (SSSR count). The Morgan fingerprint density at radius 3 is 1.49 bits per heavy atom. The maximum Gasteiger partial charge on any atom is 0.200 e. The van der Waals surface area contributed by atoms with Crippen molar-refractivity contribution in [2.24, 2.45) is 59.9 Å². The molecule has 1 aliphatic rings. The molecule has 8 aromatic heterocycles. The molecule has 0 atom stereocenters. The largest absolute Gasteiger partial charge is 0.489 e. The Bertz CT molecular complexity index is 7900. The third kappa shape index (κ3) is 43.3. The molecule has 0 spiro atoms. The number of hydrogen-bond donors (Lipinski definition) is 2. The molecule has 0 aliphatic carbocycles. The highest BCUT2D eigenvalue weighted by molar-refractivity contribution is 7.95.